The Hall–Kier alpha value is -3.05. The third kappa shape index (κ3) is 6.00. The Morgan fingerprint density at radius 1 is 1.00 bits per heavy atom. The monoisotopic (exact) mass is 569 g/mol. The van der Waals surface area contributed by atoms with Crippen molar-refractivity contribution in [3.05, 3.63) is 70.8 Å². The van der Waals surface area contributed by atoms with Gasteiger partial charge in [-0.05, 0) is 54.4 Å². The van der Waals surface area contributed by atoms with Crippen LogP contribution in [0.5, 0.6) is 0 Å². The molecule has 1 amide bonds. The first-order valence-electron chi connectivity index (χ1n) is 13.9. The first-order valence-corrected chi connectivity index (χ1v) is 15.3. The van der Waals surface area contributed by atoms with Crippen LogP contribution in [0.3, 0.4) is 0 Å². The predicted molar refractivity (Wildman–Crippen MR) is 153 cm³/mol. The van der Waals surface area contributed by atoms with Crippen LogP contribution in [-0.4, -0.2) is 91.8 Å². The number of carbonyl (C=O) groups is 2. The molecule has 0 aromatic heterocycles. The van der Waals surface area contributed by atoms with Gasteiger partial charge in [-0.3, -0.25) is 9.59 Å². The number of morpholine rings is 1. The number of likely N-dealkylation sites (N-methyl/N-ethyl adjacent to an activating group) is 1. The summed E-state index contributed by atoms with van der Waals surface area (Å²) in [5.41, 5.74) is 2.13. The molecule has 0 bridgehead atoms. The molecule has 2 saturated heterocycles. The zero-order valence-corrected chi connectivity index (χ0v) is 24.5. The number of benzene rings is 2. The van der Waals surface area contributed by atoms with E-state index in [4.69, 9.17) is 4.74 Å². The zero-order valence-electron chi connectivity index (χ0n) is 23.7. The Bertz CT molecular complexity index is 1340. The lowest BCUT2D eigenvalue weighted by Gasteiger charge is -2.28. The molecule has 10 heteroatoms. The highest BCUT2D eigenvalue weighted by Gasteiger charge is 2.46. The summed E-state index contributed by atoms with van der Waals surface area (Å²) in [5, 5.41) is 11.4. The van der Waals surface area contributed by atoms with Gasteiger partial charge in [0.25, 0.3) is 11.7 Å². The van der Waals surface area contributed by atoms with E-state index in [1.165, 1.54) is 33.5 Å². The first kappa shape index (κ1) is 29.9. The standard InChI is InChI=1S/C30H39N3O6S/c1-5-31(6-2)15-16-33-27(23-9-7-22(8-10-23)21(3)4)26(29(35)30(33)36)28(34)24-11-13-25(14-12-24)40(37,38)32-17-19-39-20-18-32/h7-14,21,27,34H,5-6,15-20H2,1-4H3. The first-order chi connectivity index (χ1) is 19.1. The van der Waals surface area contributed by atoms with Crippen molar-refractivity contribution in [1.29, 1.82) is 0 Å². The third-order valence-electron chi connectivity index (χ3n) is 7.75. The summed E-state index contributed by atoms with van der Waals surface area (Å²) in [6.45, 7) is 12.0. The van der Waals surface area contributed by atoms with E-state index in [9.17, 15) is 23.1 Å². The van der Waals surface area contributed by atoms with Crippen molar-refractivity contribution >= 4 is 27.5 Å². The van der Waals surface area contributed by atoms with Crippen molar-refractivity contribution in [2.75, 3.05) is 52.5 Å². The Morgan fingerprint density at radius 3 is 2.15 bits per heavy atom. The number of amides is 1. The molecular weight excluding hydrogens is 530 g/mol. The summed E-state index contributed by atoms with van der Waals surface area (Å²) < 4.78 is 32.7. The van der Waals surface area contributed by atoms with Gasteiger partial charge in [0.05, 0.1) is 29.7 Å². The highest BCUT2D eigenvalue weighted by atomic mass is 32.2. The highest BCUT2D eigenvalue weighted by Crippen LogP contribution is 2.39. The van der Waals surface area contributed by atoms with E-state index in [-0.39, 0.29) is 34.9 Å². The maximum atomic E-state index is 13.4. The van der Waals surface area contributed by atoms with Crippen LogP contribution in [0.1, 0.15) is 56.3 Å². The summed E-state index contributed by atoms with van der Waals surface area (Å²) in [5.74, 6) is -1.41. The molecule has 1 N–H and O–H groups in total. The van der Waals surface area contributed by atoms with Crippen molar-refractivity contribution in [3.8, 4) is 0 Å². The lowest BCUT2D eigenvalue weighted by atomic mass is 9.93. The molecule has 4 rings (SSSR count). The fraction of sp³-hybridized carbons (Fsp3) is 0.467. The Balaban J connectivity index is 1.73. The molecular formula is C30H39N3O6S. The van der Waals surface area contributed by atoms with Crippen molar-refractivity contribution in [2.45, 2.75) is 44.6 Å². The summed E-state index contributed by atoms with van der Waals surface area (Å²) in [6, 6.07) is 12.8. The molecule has 2 aliphatic rings. The normalized spacial score (nSPS) is 20.1. The zero-order chi connectivity index (χ0) is 29.0. The van der Waals surface area contributed by atoms with E-state index >= 15 is 0 Å². The minimum Gasteiger partial charge on any atom is -0.507 e. The van der Waals surface area contributed by atoms with Gasteiger partial charge in [-0.2, -0.15) is 4.31 Å². The molecule has 1 atom stereocenters. The molecule has 2 aliphatic heterocycles. The van der Waals surface area contributed by atoms with Crippen LogP contribution in [-0.2, 0) is 24.3 Å². The Kier molecular flexibility index (Phi) is 9.45. The van der Waals surface area contributed by atoms with Gasteiger partial charge in [0, 0.05) is 31.7 Å². The summed E-state index contributed by atoms with van der Waals surface area (Å²) >= 11 is 0. The number of hydrogen-bond acceptors (Lipinski definition) is 7. The Morgan fingerprint density at radius 2 is 1.60 bits per heavy atom. The van der Waals surface area contributed by atoms with Crippen molar-refractivity contribution < 1.29 is 27.9 Å². The van der Waals surface area contributed by atoms with Gasteiger partial charge in [0.1, 0.15) is 5.76 Å². The molecule has 216 valence electrons. The van der Waals surface area contributed by atoms with Crippen LogP contribution >= 0.6 is 0 Å². The van der Waals surface area contributed by atoms with Gasteiger partial charge in [-0.1, -0.05) is 52.0 Å². The van der Waals surface area contributed by atoms with Gasteiger partial charge in [0.15, 0.2) is 0 Å². The quantitative estimate of drug-likeness (QED) is 0.265. The molecule has 0 aliphatic carbocycles. The molecule has 0 spiro atoms. The fourth-order valence-corrected chi connectivity index (χ4v) is 6.59. The van der Waals surface area contributed by atoms with Crippen LogP contribution in [0.2, 0.25) is 0 Å². The van der Waals surface area contributed by atoms with E-state index in [0.717, 1.165) is 24.2 Å². The van der Waals surface area contributed by atoms with Gasteiger partial charge in [-0.15, -0.1) is 0 Å². The van der Waals surface area contributed by atoms with Gasteiger partial charge in [-0.25, -0.2) is 8.42 Å². The summed E-state index contributed by atoms with van der Waals surface area (Å²) in [6.07, 6.45) is 0. The summed E-state index contributed by atoms with van der Waals surface area (Å²) in [7, 11) is -3.72. The van der Waals surface area contributed by atoms with Gasteiger partial charge < -0.3 is 19.6 Å². The number of likely N-dealkylation sites (tertiary alicyclic amines) is 1. The van der Waals surface area contributed by atoms with Crippen LogP contribution in [0, 0.1) is 0 Å². The minimum atomic E-state index is -3.72. The fourth-order valence-electron chi connectivity index (χ4n) is 5.19. The number of carbonyl (C=O) groups excluding carboxylic acids is 2. The largest absolute Gasteiger partial charge is 0.507 e. The van der Waals surface area contributed by atoms with Crippen LogP contribution in [0.25, 0.3) is 5.76 Å². The molecule has 2 aromatic rings. The van der Waals surface area contributed by atoms with E-state index < -0.39 is 27.8 Å². The molecule has 2 fully saturated rings. The number of ketones is 1. The van der Waals surface area contributed by atoms with E-state index in [2.05, 4.69) is 18.7 Å². The minimum absolute atomic E-state index is 0.00521. The number of nitrogens with zero attached hydrogens (tertiary/aromatic N) is 3. The number of sulfonamides is 1. The average molecular weight is 570 g/mol. The topological polar surface area (TPSA) is 107 Å². The summed E-state index contributed by atoms with van der Waals surface area (Å²) in [4.78, 5) is 30.4. The van der Waals surface area contributed by atoms with Gasteiger partial charge in [0.2, 0.25) is 10.0 Å². The van der Waals surface area contributed by atoms with Crippen molar-refractivity contribution in [2.24, 2.45) is 0 Å². The number of aliphatic hydroxyl groups is 1. The van der Waals surface area contributed by atoms with Crippen LogP contribution in [0.15, 0.2) is 59.0 Å². The van der Waals surface area contributed by atoms with Crippen molar-refractivity contribution in [3.63, 3.8) is 0 Å². The molecule has 0 radical (unpaired) electrons. The van der Waals surface area contributed by atoms with Crippen LogP contribution in [0.4, 0.5) is 0 Å². The Labute approximate surface area is 237 Å². The van der Waals surface area contributed by atoms with E-state index in [1.54, 1.807) is 0 Å². The molecule has 0 saturated carbocycles. The number of ether oxygens (including phenoxy) is 1. The van der Waals surface area contributed by atoms with Crippen molar-refractivity contribution in [1.82, 2.24) is 14.1 Å². The SMILES string of the molecule is CCN(CC)CCN1C(=O)C(=O)C(=C(O)c2ccc(S(=O)(=O)N3CCOCC3)cc2)C1c1ccc(C(C)C)cc1. The molecule has 2 aromatic carbocycles. The maximum Gasteiger partial charge on any atom is 0.295 e. The number of hydrogen-bond donors (Lipinski definition) is 1. The molecule has 2 heterocycles. The smallest absolute Gasteiger partial charge is 0.295 e. The second kappa shape index (κ2) is 12.6. The molecule has 1 unspecified atom stereocenters. The highest BCUT2D eigenvalue weighted by molar-refractivity contribution is 7.89. The lowest BCUT2D eigenvalue weighted by molar-refractivity contribution is -0.140. The number of rotatable bonds is 10. The molecule has 40 heavy (non-hydrogen) atoms. The van der Waals surface area contributed by atoms with E-state index in [1.807, 2.05) is 38.1 Å². The number of Topliss-reactive ketones (excluding diaryl/α,β-unsaturated/α-hetero) is 1. The van der Waals surface area contributed by atoms with E-state index in [0.29, 0.717) is 32.2 Å². The second-order valence-electron chi connectivity index (χ2n) is 10.4. The predicted octanol–water partition coefficient (Wildman–Crippen LogP) is 3.59. The van der Waals surface area contributed by atoms with Crippen LogP contribution < -0.4 is 0 Å². The molecule has 9 nitrogen and oxygen atoms in total. The number of aliphatic hydroxyl groups excluding tert-OH is 1. The third-order valence-corrected chi connectivity index (χ3v) is 9.66. The maximum absolute atomic E-state index is 13.4. The van der Waals surface area contributed by atoms with Gasteiger partial charge >= 0.3 is 0 Å². The average Bonchev–Trinajstić information content (AvgIpc) is 3.23. The second-order valence-corrected chi connectivity index (χ2v) is 12.3. The lowest BCUT2D eigenvalue weighted by Crippen LogP contribution is -2.40.